The Bertz CT molecular complexity index is 1150. The molecule has 2 N–H and O–H groups in total. The van der Waals surface area contributed by atoms with Gasteiger partial charge < -0.3 is 15.0 Å². The van der Waals surface area contributed by atoms with Crippen molar-refractivity contribution in [3.8, 4) is 0 Å². The van der Waals surface area contributed by atoms with Gasteiger partial charge in [0.1, 0.15) is 11.3 Å². The molecule has 0 unspecified atom stereocenters. The molecule has 0 aliphatic heterocycles. The van der Waals surface area contributed by atoms with Crippen LogP contribution in [0, 0.1) is 11.7 Å². The van der Waals surface area contributed by atoms with Crippen LogP contribution in [0.3, 0.4) is 0 Å². The van der Waals surface area contributed by atoms with Crippen molar-refractivity contribution in [2.24, 2.45) is 5.92 Å². The van der Waals surface area contributed by atoms with Crippen LogP contribution in [0.2, 0.25) is 0 Å². The number of nitrogens with one attached hydrogen (secondary N) is 1. The van der Waals surface area contributed by atoms with E-state index in [2.05, 4.69) is 27.4 Å². The van der Waals surface area contributed by atoms with Crippen molar-refractivity contribution < 1.29 is 9.50 Å². The van der Waals surface area contributed by atoms with Gasteiger partial charge in [-0.05, 0) is 49.3 Å². The van der Waals surface area contributed by atoms with E-state index in [4.69, 9.17) is 4.98 Å². The Hall–Kier alpha value is -2.58. The maximum absolute atomic E-state index is 13.3. The Labute approximate surface area is 171 Å². The fraction of sp³-hybridized carbons (Fsp3) is 0.381. The van der Waals surface area contributed by atoms with Gasteiger partial charge >= 0.3 is 0 Å². The third-order valence-corrected chi connectivity index (χ3v) is 6.61. The van der Waals surface area contributed by atoms with Crippen molar-refractivity contribution in [1.29, 1.82) is 0 Å². The molecule has 3 aromatic heterocycles. The average molecular weight is 412 g/mol. The van der Waals surface area contributed by atoms with Gasteiger partial charge in [-0.15, -0.1) is 0 Å². The maximum atomic E-state index is 13.3. The molecule has 3 heterocycles. The van der Waals surface area contributed by atoms with Crippen LogP contribution in [0.4, 0.5) is 9.52 Å². The topological polar surface area (TPSA) is 75.9 Å². The number of aliphatic hydroxyl groups excluding tert-OH is 1. The van der Waals surface area contributed by atoms with E-state index < -0.39 is 0 Å². The Morgan fingerprint density at radius 3 is 2.83 bits per heavy atom. The minimum absolute atomic E-state index is 0.299. The summed E-state index contributed by atoms with van der Waals surface area (Å²) in [5.74, 6) is 0.0786. The first-order chi connectivity index (χ1) is 14.2. The minimum atomic E-state index is -0.376. The van der Waals surface area contributed by atoms with E-state index in [1.54, 1.807) is 17.7 Å². The van der Waals surface area contributed by atoms with Crippen LogP contribution in [0.25, 0.3) is 21.4 Å². The van der Waals surface area contributed by atoms with Crippen LogP contribution in [-0.4, -0.2) is 37.3 Å². The van der Waals surface area contributed by atoms with Crippen LogP contribution in [0.15, 0.2) is 36.8 Å². The second kappa shape index (κ2) is 7.68. The molecule has 1 aliphatic carbocycles. The van der Waals surface area contributed by atoms with Gasteiger partial charge in [0, 0.05) is 18.7 Å². The molecule has 1 saturated carbocycles. The molecular weight excluding hydrogens is 389 g/mol. The molecule has 8 heteroatoms. The number of rotatable bonds is 5. The van der Waals surface area contributed by atoms with Crippen molar-refractivity contribution in [2.75, 3.05) is 11.9 Å². The summed E-state index contributed by atoms with van der Waals surface area (Å²) in [6, 6.07) is 8.09. The molecule has 1 aliphatic rings. The second-order valence-electron chi connectivity index (χ2n) is 7.73. The molecular formula is C21H22FN5OS. The average Bonchev–Trinajstić information content (AvgIpc) is 3.31. The van der Waals surface area contributed by atoms with E-state index in [0.29, 0.717) is 36.3 Å². The molecule has 5 rings (SSSR count). The normalized spacial score (nSPS) is 19.8. The number of fused-ring (bicyclic) bond motifs is 2. The number of anilines is 1. The first-order valence-corrected chi connectivity index (χ1v) is 10.7. The van der Waals surface area contributed by atoms with E-state index in [0.717, 1.165) is 46.6 Å². The summed E-state index contributed by atoms with van der Waals surface area (Å²) in [6.07, 6.45) is 7.21. The fourth-order valence-electron chi connectivity index (χ4n) is 4.03. The number of hydrogen-bond acceptors (Lipinski definition) is 6. The number of hydrogen-bond donors (Lipinski definition) is 2. The zero-order valence-corrected chi connectivity index (χ0v) is 16.7. The molecule has 0 atom stereocenters. The molecule has 0 bridgehead atoms. The van der Waals surface area contributed by atoms with Crippen molar-refractivity contribution in [3.63, 3.8) is 0 Å². The molecule has 0 spiro atoms. The summed E-state index contributed by atoms with van der Waals surface area (Å²) in [5.41, 5.74) is 3.35. The van der Waals surface area contributed by atoms with Crippen molar-refractivity contribution in [1.82, 2.24) is 19.5 Å². The summed E-state index contributed by atoms with van der Waals surface area (Å²) >= 11 is 1.67. The highest BCUT2D eigenvalue weighted by Crippen LogP contribution is 2.31. The standard InChI is InChI=1S/C21H22FN5OS/c22-15-8-18-20(23-9-15)27(12-24-18)10-14-3-6-17-19(7-14)29-21(26-17)25-16-4-1-13(11-28)2-5-16/h3,6-9,12-13,16,28H,1-2,4-5,10-11H2,(H,25,26)/t13-,16-. The Morgan fingerprint density at radius 1 is 1.14 bits per heavy atom. The van der Waals surface area contributed by atoms with Crippen LogP contribution in [-0.2, 0) is 6.54 Å². The number of nitrogens with zero attached hydrogens (tertiary/aromatic N) is 4. The van der Waals surface area contributed by atoms with E-state index in [1.165, 1.54) is 12.3 Å². The van der Waals surface area contributed by atoms with E-state index in [1.807, 2.05) is 10.6 Å². The van der Waals surface area contributed by atoms with Gasteiger partial charge in [-0.2, -0.15) is 0 Å². The summed E-state index contributed by atoms with van der Waals surface area (Å²) in [7, 11) is 0. The number of halogens is 1. The summed E-state index contributed by atoms with van der Waals surface area (Å²) in [6.45, 7) is 0.921. The minimum Gasteiger partial charge on any atom is -0.396 e. The molecule has 0 saturated heterocycles. The van der Waals surface area contributed by atoms with Gasteiger partial charge in [-0.25, -0.2) is 19.3 Å². The van der Waals surface area contributed by atoms with Gasteiger partial charge in [0.25, 0.3) is 0 Å². The van der Waals surface area contributed by atoms with Crippen molar-refractivity contribution in [3.05, 3.63) is 48.2 Å². The third kappa shape index (κ3) is 3.82. The van der Waals surface area contributed by atoms with Crippen molar-refractivity contribution >= 4 is 37.8 Å². The molecule has 0 radical (unpaired) electrons. The fourth-order valence-corrected chi connectivity index (χ4v) is 5.04. The number of benzene rings is 1. The lowest BCUT2D eigenvalue weighted by molar-refractivity contribution is 0.186. The first kappa shape index (κ1) is 18.4. The molecule has 29 heavy (non-hydrogen) atoms. The van der Waals surface area contributed by atoms with Crippen LogP contribution in [0.5, 0.6) is 0 Å². The molecule has 4 aromatic rings. The molecule has 0 amide bonds. The summed E-state index contributed by atoms with van der Waals surface area (Å²) in [4.78, 5) is 13.1. The second-order valence-corrected chi connectivity index (χ2v) is 8.77. The lowest BCUT2D eigenvalue weighted by Gasteiger charge is -2.27. The zero-order valence-electron chi connectivity index (χ0n) is 15.9. The predicted octanol–water partition coefficient (Wildman–Crippen LogP) is 4.19. The van der Waals surface area contributed by atoms with Crippen LogP contribution in [0.1, 0.15) is 31.2 Å². The highest BCUT2D eigenvalue weighted by molar-refractivity contribution is 7.22. The van der Waals surface area contributed by atoms with Crippen molar-refractivity contribution in [2.45, 2.75) is 38.3 Å². The Kier molecular flexibility index (Phi) is 4.89. The summed E-state index contributed by atoms with van der Waals surface area (Å²) in [5, 5.41) is 13.8. The molecule has 6 nitrogen and oxygen atoms in total. The number of imidazole rings is 1. The van der Waals surface area contributed by atoms with Gasteiger partial charge in [0.2, 0.25) is 0 Å². The van der Waals surface area contributed by atoms with E-state index in [9.17, 15) is 9.50 Å². The van der Waals surface area contributed by atoms with E-state index in [-0.39, 0.29) is 5.82 Å². The van der Waals surface area contributed by atoms with Gasteiger partial charge in [-0.3, -0.25) is 0 Å². The smallest absolute Gasteiger partial charge is 0.184 e. The largest absolute Gasteiger partial charge is 0.396 e. The van der Waals surface area contributed by atoms with Gasteiger partial charge in [0.05, 0.1) is 29.3 Å². The maximum Gasteiger partial charge on any atom is 0.184 e. The quantitative estimate of drug-likeness (QED) is 0.515. The lowest BCUT2D eigenvalue weighted by atomic mass is 9.87. The SMILES string of the molecule is OC[C@H]1CC[C@H](Nc2nc3ccc(Cn4cnc5cc(F)cnc54)cc3s2)CC1. The number of aliphatic hydroxyl groups is 1. The zero-order chi connectivity index (χ0) is 19.8. The predicted molar refractivity (Wildman–Crippen MR) is 113 cm³/mol. The van der Waals surface area contributed by atoms with Crippen LogP contribution >= 0.6 is 11.3 Å². The Morgan fingerprint density at radius 2 is 2.00 bits per heavy atom. The highest BCUT2D eigenvalue weighted by Gasteiger charge is 2.21. The number of aromatic nitrogens is 4. The molecule has 1 aromatic carbocycles. The molecule has 1 fully saturated rings. The number of thiazole rings is 1. The third-order valence-electron chi connectivity index (χ3n) is 5.66. The first-order valence-electron chi connectivity index (χ1n) is 9.91. The van der Waals surface area contributed by atoms with E-state index >= 15 is 0 Å². The lowest BCUT2D eigenvalue weighted by Crippen LogP contribution is -2.27. The molecule has 150 valence electrons. The van der Waals surface area contributed by atoms with Gasteiger partial charge in [-0.1, -0.05) is 17.4 Å². The van der Waals surface area contributed by atoms with Crippen LogP contribution < -0.4 is 5.32 Å². The van der Waals surface area contributed by atoms with Gasteiger partial charge in [0.15, 0.2) is 10.8 Å². The number of pyridine rings is 1. The summed E-state index contributed by atoms with van der Waals surface area (Å²) < 4.78 is 16.4. The monoisotopic (exact) mass is 411 g/mol. The Balaban J connectivity index is 1.32. The highest BCUT2D eigenvalue weighted by atomic mass is 32.1.